The summed E-state index contributed by atoms with van der Waals surface area (Å²) in [4.78, 5) is 14.4. The highest BCUT2D eigenvalue weighted by molar-refractivity contribution is 6.33. The van der Waals surface area contributed by atoms with Crippen molar-refractivity contribution in [3.05, 3.63) is 34.3 Å². The number of amides is 1. The zero-order valence-corrected chi connectivity index (χ0v) is 12.0. The first-order chi connectivity index (χ1) is 8.39. The number of aryl methyl sites for hydroxylation is 1. The lowest BCUT2D eigenvalue weighted by molar-refractivity contribution is 0.0583. The number of halogens is 1. The van der Waals surface area contributed by atoms with Gasteiger partial charge >= 0.3 is 0 Å². The van der Waals surface area contributed by atoms with E-state index in [9.17, 15) is 4.79 Å². The molecule has 0 spiro atoms. The molecule has 1 aromatic carbocycles. The Labute approximate surface area is 114 Å². The van der Waals surface area contributed by atoms with E-state index in [1.807, 2.05) is 30.0 Å². The average Bonchev–Trinajstić information content (AvgIpc) is 2.27. The molecule has 2 rings (SSSR count). The Morgan fingerprint density at radius 1 is 1.39 bits per heavy atom. The van der Waals surface area contributed by atoms with Crippen LogP contribution in [-0.2, 0) is 0 Å². The second-order valence-electron chi connectivity index (χ2n) is 5.98. The van der Waals surface area contributed by atoms with E-state index < -0.39 is 0 Å². The molecule has 1 aromatic rings. The van der Waals surface area contributed by atoms with Gasteiger partial charge in [-0.05, 0) is 42.9 Å². The highest BCUT2D eigenvalue weighted by atomic mass is 35.5. The fraction of sp³-hybridized carbons (Fsp3) is 0.533. The third-order valence-corrected chi connectivity index (χ3v) is 3.86. The van der Waals surface area contributed by atoms with Gasteiger partial charge in [0, 0.05) is 13.1 Å². The fourth-order valence-corrected chi connectivity index (χ4v) is 2.88. The normalized spacial score (nSPS) is 18.8. The Bertz CT molecular complexity index is 468. The molecule has 1 aliphatic heterocycles. The highest BCUT2D eigenvalue weighted by Crippen LogP contribution is 2.30. The molecule has 1 saturated heterocycles. The first-order valence-electron chi connectivity index (χ1n) is 6.44. The minimum atomic E-state index is 0.0628. The van der Waals surface area contributed by atoms with Gasteiger partial charge in [-0.25, -0.2) is 0 Å². The van der Waals surface area contributed by atoms with Gasteiger partial charge in [-0.3, -0.25) is 4.79 Å². The Balaban J connectivity index is 2.20. The van der Waals surface area contributed by atoms with E-state index in [1.54, 1.807) is 0 Å². The van der Waals surface area contributed by atoms with Crippen molar-refractivity contribution in [2.45, 2.75) is 33.6 Å². The van der Waals surface area contributed by atoms with Crippen molar-refractivity contribution >= 4 is 17.5 Å². The van der Waals surface area contributed by atoms with Crippen LogP contribution in [0, 0.1) is 12.3 Å². The van der Waals surface area contributed by atoms with Crippen molar-refractivity contribution in [1.29, 1.82) is 0 Å². The van der Waals surface area contributed by atoms with Crippen molar-refractivity contribution in [2.24, 2.45) is 5.41 Å². The second-order valence-corrected chi connectivity index (χ2v) is 6.38. The van der Waals surface area contributed by atoms with E-state index in [0.717, 1.165) is 25.1 Å². The third kappa shape index (κ3) is 2.86. The van der Waals surface area contributed by atoms with Crippen molar-refractivity contribution < 1.29 is 4.79 Å². The van der Waals surface area contributed by atoms with Crippen LogP contribution in [0.4, 0.5) is 0 Å². The van der Waals surface area contributed by atoms with Crippen LogP contribution < -0.4 is 0 Å². The minimum Gasteiger partial charge on any atom is -0.338 e. The highest BCUT2D eigenvalue weighted by Gasteiger charge is 2.30. The van der Waals surface area contributed by atoms with Crippen LogP contribution in [0.25, 0.3) is 0 Å². The molecule has 0 atom stereocenters. The van der Waals surface area contributed by atoms with Crippen molar-refractivity contribution in [3.63, 3.8) is 0 Å². The summed E-state index contributed by atoms with van der Waals surface area (Å²) in [5, 5.41) is 0.559. The van der Waals surface area contributed by atoms with Crippen LogP contribution in [0.5, 0.6) is 0 Å². The Kier molecular flexibility index (Phi) is 3.67. The van der Waals surface area contributed by atoms with Gasteiger partial charge in [0.1, 0.15) is 0 Å². The molecular weight excluding hydrogens is 246 g/mol. The van der Waals surface area contributed by atoms with E-state index >= 15 is 0 Å². The molecule has 1 aliphatic rings. The van der Waals surface area contributed by atoms with Crippen LogP contribution in [0.15, 0.2) is 18.2 Å². The standard InChI is InChI=1S/C15H20ClNO/c1-11-5-6-12(13(16)9-11)14(18)17-8-4-7-15(2,3)10-17/h5-6,9H,4,7-8,10H2,1-3H3. The van der Waals surface area contributed by atoms with Gasteiger partial charge in [0.2, 0.25) is 0 Å². The van der Waals surface area contributed by atoms with Crippen LogP contribution in [0.2, 0.25) is 5.02 Å². The maximum atomic E-state index is 12.5. The molecule has 1 heterocycles. The number of hydrogen-bond acceptors (Lipinski definition) is 1. The quantitative estimate of drug-likeness (QED) is 0.754. The summed E-state index contributed by atoms with van der Waals surface area (Å²) in [6.07, 6.45) is 2.25. The topological polar surface area (TPSA) is 20.3 Å². The van der Waals surface area contributed by atoms with Crippen LogP contribution in [0.1, 0.15) is 42.6 Å². The summed E-state index contributed by atoms with van der Waals surface area (Å²) in [7, 11) is 0. The second kappa shape index (κ2) is 4.93. The van der Waals surface area contributed by atoms with E-state index in [4.69, 9.17) is 11.6 Å². The third-order valence-electron chi connectivity index (χ3n) is 3.54. The molecule has 3 heteroatoms. The maximum Gasteiger partial charge on any atom is 0.255 e. The molecule has 1 amide bonds. The summed E-state index contributed by atoms with van der Waals surface area (Å²) >= 11 is 6.17. The van der Waals surface area contributed by atoms with Gasteiger partial charge in [-0.2, -0.15) is 0 Å². The number of hydrogen-bond donors (Lipinski definition) is 0. The van der Waals surface area contributed by atoms with Gasteiger partial charge in [0.25, 0.3) is 5.91 Å². The number of benzene rings is 1. The number of rotatable bonds is 1. The molecule has 0 aliphatic carbocycles. The number of piperidine rings is 1. The Morgan fingerprint density at radius 2 is 2.11 bits per heavy atom. The van der Waals surface area contributed by atoms with Crippen LogP contribution >= 0.6 is 11.6 Å². The summed E-state index contributed by atoms with van der Waals surface area (Å²) in [5.41, 5.74) is 1.92. The lowest BCUT2D eigenvalue weighted by Crippen LogP contribution is -2.43. The largest absolute Gasteiger partial charge is 0.338 e. The summed E-state index contributed by atoms with van der Waals surface area (Å²) < 4.78 is 0. The Hall–Kier alpha value is -1.02. The lowest BCUT2D eigenvalue weighted by Gasteiger charge is -2.38. The van der Waals surface area contributed by atoms with Crippen molar-refractivity contribution in [2.75, 3.05) is 13.1 Å². The molecule has 18 heavy (non-hydrogen) atoms. The smallest absolute Gasteiger partial charge is 0.255 e. The SMILES string of the molecule is Cc1ccc(C(=O)N2CCCC(C)(C)C2)c(Cl)c1. The van der Waals surface area contributed by atoms with E-state index in [2.05, 4.69) is 13.8 Å². The molecule has 0 radical (unpaired) electrons. The molecule has 0 saturated carbocycles. The molecule has 0 aromatic heterocycles. The van der Waals surface area contributed by atoms with Gasteiger partial charge in [0.05, 0.1) is 10.6 Å². The first kappa shape index (κ1) is 13.4. The predicted molar refractivity (Wildman–Crippen MR) is 75.1 cm³/mol. The van der Waals surface area contributed by atoms with Gasteiger partial charge in [0.15, 0.2) is 0 Å². The van der Waals surface area contributed by atoms with Crippen molar-refractivity contribution in [1.82, 2.24) is 4.90 Å². The van der Waals surface area contributed by atoms with E-state index in [1.165, 1.54) is 6.42 Å². The zero-order chi connectivity index (χ0) is 13.3. The lowest BCUT2D eigenvalue weighted by atomic mass is 9.84. The number of carbonyl (C=O) groups excluding carboxylic acids is 1. The fourth-order valence-electron chi connectivity index (χ4n) is 2.56. The first-order valence-corrected chi connectivity index (χ1v) is 6.82. The van der Waals surface area contributed by atoms with E-state index in [0.29, 0.717) is 10.6 Å². The summed E-state index contributed by atoms with van der Waals surface area (Å²) in [6, 6.07) is 5.62. The predicted octanol–water partition coefficient (Wildman–Crippen LogP) is 3.91. The van der Waals surface area contributed by atoms with Crippen LogP contribution in [0.3, 0.4) is 0 Å². The number of carbonyl (C=O) groups is 1. The molecule has 0 N–H and O–H groups in total. The summed E-state index contributed by atoms with van der Waals surface area (Å²) in [5.74, 6) is 0.0628. The van der Waals surface area contributed by atoms with E-state index in [-0.39, 0.29) is 11.3 Å². The van der Waals surface area contributed by atoms with Crippen molar-refractivity contribution in [3.8, 4) is 0 Å². The summed E-state index contributed by atoms with van der Waals surface area (Å²) in [6.45, 7) is 8.05. The number of likely N-dealkylation sites (tertiary alicyclic amines) is 1. The number of nitrogens with zero attached hydrogens (tertiary/aromatic N) is 1. The Morgan fingerprint density at radius 3 is 2.72 bits per heavy atom. The monoisotopic (exact) mass is 265 g/mol. The van der Waals surface area contributed by atoms with Gasteiger partial charge in [-0.15, -0.1) is 0 Å². The molecule has 0 unspecified atom stereocenters. The molecule has 98 valence electrons. The maximum absolute atomic E-state index is 12.5. The average molecular weight is 266 g/mol. The van der Waals surface area contributed by atoms with Crippen LogP contribution in [-0.4, -0.2) is 23.9 Å². The van der Waals surface area contributed by atoms with Gasteiger partial charge < -0.3 is 4.90 Å². The molecule has 1 fully saturated rings. The molecule has 2 nitrogen and oxygen atoms in total. The molecule has 0 bridgehead atoms. The van der Waals surface area contributed by atoms with Gasteiger partial charge in [-0.1, -0.05) is 31.5 Å². The zero-order valence-electron chi connectivity index (χ0n) is 11.3. The minimum absolute atomic E-state index is 0.0628. The molecular formula is C15H20ClNO.